The number of hydrogen-bond donors (Lipinski definition) is 2. The van der Waals surface area contributed by atoms with Crippen molar-refractivity contribution in [3.05, 3.63) is 42.2 Å². The van der Waals surface area contributed by atoms with Crippen molar-refractivity contribution >= 4 is 0 Å². The largest absolute Gasteiger partial charge is 0.508 e. The normalized spacial score (nSPS) is 10.3. The van der Waals surface area contributed by atoms with Crippen molar-refractivity contribution < 1.29 is 9.63 Å². The molecule has 0 bridgehead atoms. The van der Waals surface area contributed by atoms with Crippen LogP contribution in [-0.4, -0.2) is 20.2 Å². The number of phenolic OH excluding ortho intramolecular Hbond substituents is 1. The molecule has 0 aliphatic rings. The molecular weight excluding hydrogens is 244 g/mol. The Labute approximate surface area is 107 Å². The summed E-state index contributed by atoms with van der Waals surface area (Å²) in [6, 6.07) is 10.1. The summed E-state index contributed by atoms with van der Waals surface area (Å²) in [5.74, 6) is 0.937. The number of nitrogens with one attached hydrogen (secondary N) is 1. The van der Waals surface area contributed by atoms with E-state index in [-0.39, 0.29) is 5.75 Å². The molecule has 0 spiro atoms. The second kappa shape index (κ2) is 4.31. The maximum absolute atomic E-state index is 9.22. The molecule has 0 unspecified atom stereocenters. The minimum atomic E-state index is 0.178. The zero-order chi connectivity index (χ0) is 13.2. The first-order valence-electron chi connectivity index (χ1n) is 5.48. The van der Waals surface area contributed by atoms with Crippen molar-refractivity contribution in [2.24, 2.45) is 0 Å². The van der Waals surface area contributed by atoms with Crippen LogP contribution in [0.1, 0.15) is 5.69 Å². The minimum Gasteiger partial charge on any atom is -0.508 e. The molecule has 6 nitrogen and oxygen atoms in total. The third kappa shape index (κ3) is 2.05. The monoisotopic (exact) mass is 252 g/mol. The minimum absolute atomic E-state index is 0.178. The topological polar surface area (TPSA) is 98.7 Å². The molecule has 0 atom stereocenters. The summed E-state index contributed by atoms with van der Waals surface area (Å²) < 4.78 is 5.14. The molecule has 2 N–H and O–H groups in total. The van der Waals surface area contributed by atoms with Gasteiger partial charge in [0.25, 0.3) is 5.89 Å². The second-order valence-corrected chi connectivity index (χ2v) is 3.88. The fourth-order valence-corrected chi connectivity index (χ4v) is 1.65. The van der Waals surface area contributed by atoms with Crippen molar-refractivity contribution in [1.82, 2.24) is 15.1 Å². The SMILES string of the molecule is N#Cc1cc(-c2nc(-c3ccc(O)cc3)no2)c[nH]1. The van der Waals surface area contributed by atoms with E-state index in [1.807, 2.05) is 6.07 Å². The Kier molecular flexibility index (Phi) is 2.50. The van der Waals surface area contributed by atoms with Crippen LogP contribution in [0.3, 0.4) is 0 Å². The van der Waals surface area contributed by atoms with Crippen molar-refractivity contribution in [2.75, 3.05) is 0 Å². The lowest BCUT2D eigenvalue weighted by Gasteiger charge is -1.93. The summed E-state index contributed by atoms with van der Waals surface area (Å²) in [5.41, 5.74) is 1.83. The van der Waals surface area contributed by atoms with Gasteiger partial charge in [-0.3, -0.25) is 0 Å². The van der Waals surface area contributed by atoms with Crippen LogP contribution in [0.25, 0.3) is 22.8 Å². The van der Waals surface area contributed by atoms with Crippen molar-refractivity contribution in [3.63, 3.8) is 0 Å². The smallest absolute Gasteiger partial charge is 0.259 e. The van der Waals surface area contributed by atoms with Gasteiger partial charge in [0, 0.05) is 11.8 Å². The van der Waals surface area contributed by atoms with Crippen LogP contribution in [0, 0.1) is 11.3 Å². The Bertz CT molecular complexity index is 750. The maximum Gasteiger partial charge on any atom is 0.259 e. The number of hydrogen-bond acceptors (Lipinski definition) is 5. The van der Waals surface area contributed by atoms with Gasteiger partial charge in [-0.15, -0.1) is 0 Å². The highest BCUT2D eigenvalue weighted by atomic mass is 16.5. The van der Waals surface area contributed by atoms with Gasteiger partial charge in [0.05, 0.1) is 5.56 Å². The highest BCUT2D eigenvalue weighted by molar-refractivity contribution is 5.60. The van der Waals surface area contributed by atoms with Gasteiger partial charge in [-0.1, -0.05) is 5.16 Å². The van der Waals surface area contributed by atoms with Crippen LogP contribution in [0.15, 0.2) is 41.1 Å². The van der Waals surface area contributed by atoms with Crippen molar-refractivity contribution in [1.29, 1.82) is 5.26 Å². The Morgan fingerprint density at radius 2 is 2.00 bits per heavy atom. The number of rotatable bonds is 2. The van der Waals surface area contributed by atoms with Crippen LogP contribution in [-0.2, 0) is 0 Å². The highest BCUT2D eigenvalue weighted by Crippen LogP contribution is 2.23. The molecule has 2 heterocycles. The first kappa shape index (κ1) is 11.0. The average molecular weight is 252 g/mol. The van der Waals surface area contributed by atoms with Gasteiger partial charge < -0.3 is 14.6 Å². The zero-order valence-corrected chi connectivity index (χ0v) is 9.66. The van der Waals surface area contributed by atoms with Gasteiger partial charge >= 0.3 is 0 Å². The lowest BCUT2D eigenvalue weighted by Crippen LogP contribution is -1.79. The summed E-state index contributed by atoms with van der Waals surface area (Å²) in [5, 5.41) is 21.8. The number of benzene rings is 1. The predicted molar refractivity (Wildman–Crippen MR) is 65.9 cm³/mol. The van der Waals surface area contributed by atoms with E-state index in [1.165, 1.54) is 0 Å². The average Bonchev–Trinajstić information content (AvgIpc) is 3.08. The fourth-order valence-electron chi connectivity index (χ4n) is 1.65. The van der Waals surface area contributed by atoms with Gasteiger partial charge in [-0.05, 0) is 30.3 Å². The molecule has 0 amide bonds. The first-order valence-corrected chi connectivity index (χ1v) is 5.48. The summed E-state index contributed by atoms with van der Waals surface area (Å²) in [4.78, 5) is 7.03. The lowest BCUT2D eigenvalue weighted by atomic mass is 10.2. The third-order valence-corrected chi connectivity index (χ3v) is 2.60. The molecule has 19 heavy (non-hydrogen) atoms. The van der Waals surface area contributed by atoms with E-state index in [9.17, 15) is 5.11 Å². The first-order chi connectivity index (χ1) is 9.26. The predicted octanol–water partition coefficient (Wildman–Crippen LogP) is 2.31. The standard InChI is InChI=1S/C13H8N4O2/c14-6-10-5-9(7-15-10)13-16-12(17-19-13)8-1-3-11(18)4-2-8/h1-5,7,15,18H. The van der Waals surface area contributed by atoms with Gasteiger partial charge in [0.15, 0.2) is 0 Å². The van der Waals surface area contributed by atoms with Crippen LogP contribution in [0.4, 0.5) is 0 Å². The molecule has 0 fully saturated rings. The van der Waals surface area contributed by atoms with Gasteiger partial charge in [-0.2, -0.15) is 10.2 Å². The number of phenols is 1. The van der Waals surface area contributed by atoms with Crippen LogP contribution in [0.5, 0.6) is 5.75 Å². The van der Waals surface area contributed by atoms with Crippen molar-refractivity contribution in [3.8, 4) is 34.7 Å². The lowest BCUT2D eigenvalue weighted by molar-refractivity contribution is 0.432. The number of nitriles is 1. The molecule has 3 rings (SSSR count). The summed E-state index contributed by atoms with van der Waals surface area (Å²) >= 11 is 0. The highest BCUT2D eigenvalue weighted by Gasteiger charge is 2.12. The Morgan fingerprint density at radius 1 is 1.21 bits per heavy atom. The van der Waals surface area contributed by atoms with E-state index >= 15 is 0 Å². The maximum atomic E-state index is 9.22. The number of aromatic amines is 1. The second-order valence-electron chi connectivity index (χ2n) is 3.88. The van der Waals surface area contributed by atoms with E-state index < -0.39 is 0 Å². The van der Waals surface area contributed by atoms with E-state index in [1.54, 1.807) is 36.5 Å². The molecule has 0 aliphatic heterocycles. The van der Waals surface area contributed by atoms with Gasteiger partial charge in [0.1, 0.15) is 17.5 Å². The fraction of sp³-hybridized carbons (Fsp3) is 0. The molecule has 92 valence electrons. The Balaban J connectivity index is 1.95. The summed E-state index contributed by atoms with van der Waals surface area (Å²) in [6.45, 7) is 0. The molecule has 0 aliphatic carbocycles. The number of aromatic hydroxyl groups is 1. The van der Waals surface area contributed by atoms with Crippen LogP contribution in [0.2, 0.25) is 0 Å². The van der Waals surface area contributed by atoms with Crippen LogP contribution >= 0.6 is 0 Å². The van der Waals surface area contributed by atoms with Gasteiger partial charge in [-0.25, -0.2) is 0 Å². The molecule has 6 heteroatoms. The summed E-state index contributed by atoms with van der Waals surface area (Å²) in [7, 11) is 0. The van der Waals surface area contributed by atoms with E-state index in [0.717, 1.165) is 5.56 Å². The summed E-state index contributed by atoms with van der Waals surface area (Å²) in [6.07, 6.45) is 1.63. The van der Waals surface area contributed by atoms with Gasteiger partial charge in [0.2, 0.25) is 5.82 Å². The molecule has 0 saturated heterocycles. The molecule has 1 aromatic carbocycles. The molecule has 0 saturated carbocycles. The van der Waals surface area contributed by atoms with E-state index in [2.05, 4.69) is 15.1 Å². The van der Waals surface area contributed by atoms with Crippen LogP contribution < -0.4 is 0 Å². The Hall–Kier alpha value is -3.07. The molecule has 3 aromatic rings. The number of H-pyrrole nitrogens is 1. The quantitative estimate of drug-likeness (QED) is 0.729. The zero-order valence-electron chi connectivity index (χ0n) is 9.66. The number of nitrogens with zero attached hydrogens (tertiary/aromatic N) is 3. The van der Waals surface area contributed by atoms with E-state index in [4.69, 9.17) is 9.78 Å². The molecule has 2 aromatic heterocycles. The molecular formula is C13H8N4O2. The third-order valence-electron chi connectivity index (χ3n) is 2.60. The molecule has 0 radical (unpaired) electrons. The van der Waals surface area contributed by atoms with Crippen molar-refractivity contribution in [2.45, 2.75) is 0 Å². The number of aromatic nitrogens is 3. The Morgan fingerprint density at radius 3 is 2.68 bits per heavy atom. The van der Waals surface area contributed by atoms with E-state index in [0.29, 0.717) is 23.0 Å².